The average molecular weight is 361 g/mol. The fraction of sp³-hybridized carbons (Fsp3) is 0.737. The molecule has 0 spiro atoms. The van der Waals surface area contributed by atoms with E-state index in [9.17, 15) is 9.59 Å². The van der Waals surface area contributed by atoms with Crippen LogP contribution < -0.4 is 15.8 Å². The number of aromatic nitrogens is 2. The van der Waals surface area contributed by atoms with Gasteiger partial charge in [0, 0.05) is 45.2 Å². The number of rotatable bonds is 7. The van der Waals surface area contributed by atoms with Crippen LogP contribution in [-0.2, 0) is 11.3 Å². The molecule has 1 aromatic rings. The van der Waals surface area contributed by atoms with E-state index in [0.29, 0.717) is 18.9 Å². The van der Waals surface area contributed by atoms with Crippen molar-refractivity contribution in [3.05, 3.63) is 22.6 Å². The second-order valence-electron chi connectivity index (χ2n) is 7.42. The molecule has 3 rings (SSSR count). The molecule has 0 saturated carbocycles. The Morgan fingerprint density at radius 3 is 2.81 bits per heavy atom. The van der Waals surface area contributed by atoms with Crippen molar-refractivity contribution in [3.63, 3.8) is 0 Å². The molecule has 0 aromatic carbocycles. The predicted molar refractivity (Wildman–Crippen MR) is 102 cm³/mol. The molecule has 0 radical (unpaired) electrons. The molecule has 1 atom stereocenters. The van der Waals surface area contributed by atoms with Crippen molar-refractivity contribution in [1.82, 2.24) is 20.0 Å². The van der Waals surface area contributed by atoms with Gasteiger partial charge in [0.15, 0.2) is 0 Å². The van der Waals surface area contributed by atoms with Crippen LogP contribution in [-0.4, -0.2) is 59.9 Å². The number of nitrogens with one attached hydrogen (secondary N) is 1. The number of carbonyl (C=O) groups is 1. The monoisotopic (exact) mass is 361 g/mol. The lowest BCUT2D eigenvalue weighted by Gasteiger charge is -2.34. The minimum atomic E-state index is -0.0632. The van der Waals surface area contributed by atoms with Crippen molar-refractivity contribution >= 4 is 11.6 Å². The molecule has 2 fully saturated rings. The lowest BCUT2D eigenvalue weighted by atomic mass is 9.94. The normalized spacial score (nSPS) is 21.1. The van der Waals surface area contributed by atoms with E-state index in [0.717, 1.165) is 57.8 Å². The van der Waals surface area contributed by atoms with Gasteiger partial charge in [-0.2, -0.15) is 5.10 Å². The first-order valence-corrected chi connectivity index (χ1v) is 9.97. The average Bonchev–Trinajstić information content (AvgIpc) is 3.15. The second kappa shape index (κ2) is 9.16. The summed E-state index contributed by atoms with van der Waals surface area (Å²) in [5.41, 5.74) is 0.811. The molecule has 3 heterocycles. The number of carbonyl (C=O) groups excluding carboxylic acids is 1. The van der Waals surface area contributed by atoms with Gasteiger partial charge >= 0.3 is 0 Å². The smallest absolute Gasteiger partial charge is 0.268 e. The molecule has 2 aliphatic heterocycles. The molecule has 144 valence electrons. The number of hydrogen-bond donors (Lipinski definition) is 1. The summed E-state index contributed by atoms with van der Waals surface area (Å²) < 4.78 is 1.46. The van der Waals surface area contributed by atoms with E-state index >= 15 is 0 Å². The lowest BCUT2D eigenvalue weighted by molar-refractivity contribution is -0.122. The van der Waals surface area contributed by atoms with Crippen LogP contribution in [0.2, 0.25) is 0 Å². The molecule has 2 saturated heterocycles. The van der Waals surface area contributed by atoms with Crippen LogP contribution in [0, 0.1) is 5.92 Å². The number of amides is 1. The zero-order chi connectivity index (χ0) is 18.4. The molecule has 1 amide bonds. The van der Waals surface area contributed by atoms with Crippen molar-refractivity contribution in [3.8, 4) is 0 Å². The molecule has 2 aliphatic rings. The number of anilines is 1. The molecular weight excluding hydrogens is 330 g/mol. The Labute approximate surface area is 155 Å². The van der Waals surface area contributed by atoms with E-state index in [1.165, 1.54) is 17.5 Å². The summed E-state index contributed by atoms with van der Waals surface area (Å²) >= 11 is 0. The van der Waals surface area contributed by atoms with E-state index in [4.69, 9.17) is 0 Å². The standard InChI is InChI=1S/C19H31N5O2/c1-2-24-19(26)13-17(14-21-24)23-10-5-6-16(15-23)12-18(25)20-7-11-22-8-3-4-9-22/h13-14,16H,2-12,15H2,1H3,(H,20,25). The summed E-state index contributed by atoms with van der Waals surface area (Å²) in [6.45, 7) is 8.26. The fourth-order valence-electron chi connectivity index (χ4n) is 3.99. The van der Waals surface area contributed by atoms with Crippen molar-refractivity contribution in [1.29, 1.82) is 0 Å². The second-order valence-corrected chi connectivity index (χ2v) is 7.42. The number of hydrogen-bond acceptors (Lipinski definition) is 5. The largest absolute Gasteiger partial charge is 0.370 e. The first-order valence-electron chi connectivity index (χ1n) is 9.97. The molecule has 1 aromatic heterocycles. The van der Waals surface area contributed by atoms with Gasteiger partial charge in [-0.3, -0.25) is 9.59 Å². The van der Waals surface area contributed by atoms with Crippen LogP contribution in [0.25, 0.3) is 0 Å². The molecule has 0 aliphatic carbocycles. The summed E-state index contributed by atoms with van der Waals surface area (Å²) in [5, 5.41) is 7.29. The molecule has 7 nitrogen and oxygen atoms in total. The van der Waals surface area contributed by atoms with Gasteiger partial charge in [-0.15, -0.1) is 0 Å². The minimum Gasteiger partial charge on any atom is -0.370 e. The first-order chi connectivity index (χ1) is 12.7. The predicted octanol–water partition coefficient (Wildman–Crippen LogP) is 1.08. The highest BCUT2D eigenvalue weighted by Crippen LogP contribution is 2.23. The Bertz CT molecular complexity index is 654. The topological polar surface area (TPSA) is 70.5 Å². The zero-order valence-electron chi connectivity index (χ0n) is 15.8. The minimum absolute atomic E-state index is 0.0632. The summed E-state index contributed by atoms with van der Waals surface area (Å²) in [6.07, 6.45) is 7.00. The highest BCUT2D eigenvalue weighted by molar-refractivity contribution is 5.76. The Kier molecular flexibility index (Phi) is 6.66. The lowest BCUT2D eigenvalue weighted by Crippen LogP contribution is -2.40. The number of likely N-dealkylation sites (tertiary alicyclic amines) is 1. The van der Waals surface area contributed by atoms with E-state index in [-0.39, 0.29) is 11.5 Å². The Morgan fingerprint density at radius 2 is 2.08 bits per heavy atom. The van der Waals surface area contributed by atoms with Gasteiger partial charge in [0.2, 0.25) is 5.91 Å². The molecule has 7 heteroatoms. The Hall–Kier alpha value is -1.89. The van der Waals surface area contributed by atoms with Crippen LogP contribution in [0.1, 0.15) is 39.0 Å². The van der Waals surface area contributed by atoms with Crippen LogP contribution in [0.4, 0.5) is 5.69 Å². The van der Waals surface area contributed by atoms with Gasteiger partial charge in [0.25, 0.3) is 5.56 Å². The van der Waals surface area contributed by atoms with Gasteiger partial charge in [-0.1, -0.05) is 0 Å². The Morgan fingerprint density at radius 1 is 1.27 bits per heavy atom. The number of piperidine rings is 1. The third-order valence-corrected chi connectivity index (χ3v) is 5.46. The van der Waals surface area contributed by atoms with Crippen LogP contribution in [0.15, 0.2) is 17.1 Å². The summed E-state index contributed by atoms with van der Waals surface area (Å²) in [6, 6.07) is 1.66. The van der Waals surface area contributed by atoms with E-state index < -0.39 is 0 Å². The Balaban J connectivity index is 1.46. The quantitative estimate of drug-likeness (QED) is 0.787. The first kappa shape index (κ1) is 18.9. The molecular formula is C19H31N5O2. The summed E-state index contributed by atoms with van der Waals surface area (Å²) in [4.78, 5) is 28.9. The third-order valence-electron chi connectivity index (χ3n) is 5.46. The van der Waals surface area contributed by atoms with Crippen LogP contribution in [0.5, 0.6) is 0 Å². The SMILES string of the molecule is CCn1ncc(N2CCCC(CC(=O)NCCN3CCCC3)C2)cc1=O. The van der Waals surface area contributed by atoms with Crippen LogP contribution in [0.3, 0.4) is 0 Å². The zero-order valence-corrected chi connectivity index (χ0v) is 15.8. The summed E-state index contributed by atoms with van der Waals surface area (Å²) in [5.74, 6) is 0.486. The molecule has 0 bridgehead atoms. The van der Waals surface area contributed by atoms with Gasteiger partial charge < -0.3 is 15.1 Å². The highest BCUT2D eigenvalue weighted by Gasteiger charge is 2.23. The fourth-order valence-corrected chi connectivity index (χ4v) is 3.99. The number of nitrogens with zero attached hydrogens (tertiary/aromatic N) is 4. The van der Waals surface area contributed by atoms with Gasteiger partial charge in [-0.25, -0.2) is 4.68 Å². The highest BCUT2D eigenvalue weighted by atomic mass is 16.1. The van der Waals surface area contributed by atoms with Gasteiger partial charge in [0.1, 0.15) is 0 Å². The van der Waals surface area contributed by atoms with E-state index in [1.54, 1.807) is 12.3 Å². The maximum Gasteiger partial charge on any atom is 0.268 e. The van der Waals surface area contributed by atoms with Crippen LogP contribution >= 0.6 is 0 Å². The maximum absolute atomic E-state index is 12.3. The molecule has 26 heavy (non-hydrogen) atoms. The van der Waals surface area contributed by atoms with Crippen molar-refractivity contribution in [2.75, 3.05) is 44.2 Å². The van der Waals surface area contributed by atoms with Gasteiger partial charge in [0.05, 0.1) is 11.9 Å². The van der Waals surface area contributed by atoms with E-state index in [1.807, 2.05) is 6.92 Å². The molecule has 1 unspecified atom stereocenters. The van der Waals surface area contributed by atoms with Gasteiger partial charge in [-0.05, 0) is 51.6 Å². The molecule has 1 N–H and O–H groups in total. The number of aryl methyl sites for hydroxylation is 1. The van der Waals surface area contributed by atoms with E-state index in [2.05, 4.69) is 20.2 Å². The van der Waals surface area contributed by atoms with Crippen molar-refractivity contribution < 1.29 is 4.79 Å². The summed E-state index contributed by atoms with van der Waals surface area (Å²) in [7, 11) is 0. The van der Waals surface area contributed by atoms with Crippen molar-refractivity contribution in [2.45, 2.75) is 45.6 Å². The van der Waals surface area contributed by atoms with Crippen molar-refractivity contribution in [2.24, 2.45) is 5.92 Å². The maximum atomic E-state index is 12.3. The third kappa shape index (κ3) is 5.06.